The molecule has 4 aromatic rings. The number of rotatable bonds is 4. The molecule has 3 aromatic heterocycles. The molecule has 0 aliphatic rings. The van der Waals surface area contributed by atoms with Gasteiger partial charge in [0.25, 0.3) is 0 Å². The summed E-state index contributed by atoms with van der Waals surface area (Å²) in [5.74, 6) is 0.316. The fraction of sp³-hybridized carbons (Fsp3) is 0.200. The zero-order valence-electron chi connectivity index (χ0n) is 15.5. The van der Waals surface area contributed by atoms with Crippen LogP contribution in [0, 0.1) is 5.82 Å². The molecule has 0 aliphatic heterocycles. The van der Waals surface area contributed by atoms with Gasteiger partial charge in [-0.1, -0.05) is 0 Å². The Morgan fingerprint density at radius 1 is 0.963 bits per heavy atom. The van der Waals surface area contributed by atoms with Crippen molar-refractivity contribution in [2.45, 2.75) is 21.4 Å². The summed E-state index contributed by atoms with van der Waals surface area (Å²) in [5.41, 5.74) is 1.93. The Labute approximate surface area is 161 Å². The molecule has 0 spiro atoms. The van der Waals surface area contributed by atoms with Crippen LogP contribution in [-0.4, -0.2) is 43.1 Å². The molecule has 4 rings (SSSR count). The van der Waals surface area contributed by atoms with Gasteiger partial charge in [0.2, 0.25) is 0 Å². The summed E-state index contributed by atoms with van der Waals surface area (Å²) in [6.07, 6.45) is 5.57. The van der Waals surface area contributed by atoms with Gasteiger partial charge in [0.05, 0.1) is 0 Å². The van der Waals surface area contributed by atoms with Crippen molar-refractivity contribution in [3.8, 4) is 11.5 Å². The Balaban J connectivity index is 1.79. The van der Waals surface area contributed by atoms with Gasteiger partial charge >= 0.3 is 161 Å². The van der Waals surface area contributed by atoms with E-state index >= 15 is 0 Å². The van der Waals surface area contributed by atoms with Crippen LogP contribution >= 0.6 is 0 Å². The standard InChI is InChI=1S/C17H11FN5.3CH3.Sn/c18-14-7-2-1-5-12(14)11-23-17-13(6-3-8-21-17)15(22-23)16-19-9-4-10-20-16;;;;/h1-3,5-10H,11H2;3*1H3;. The molecule has 27 heavy (non-hydrogen) atoms. The first kappa shape index (κ1) is 18.0. The third-order valence-corrected chi connectivity index (χ3v) is 10.2. The van der Waals surface area contributed by atoms with Crippen molar-refractivity contribution >= 4 is 33.0 Å². The summed E-state index contributed by atoms with van der Waals surface area (Å²) in [6.45, 7) is 0.302. The van der Waals surface area contributed by atoms with E-state index in [0.717, 1.165) is 5.39 Å². The number of nitrogens with zero attached hydrogens (tertiary/aromatic N) is 5. The van der Waals surface area contributed by atoms with Gasteiger partial charge in [0.15, 0.2) is 0 Å². The average molecular weight is 468 g/mol. The molecule has 0 unspecified atom stereocenters. The van der Waals surface area contributed by atoms with Crippen molar-refractivity contribution in [2.24, 2.45) is 0 Å². The maximum absolute atomic E-state index is 14.1. The molecule has 0 amide bonds. The zero-order chi connectivity index (χ0) is 19.0. The fourth-order valence-corrected chi connectivity index (χ4v) is 5.49. The topological polar surface area (TPSA) is 56.5 Å². The summed E-state index contributed by atoms with van der Waals surface area (Å²) in [4.78, 5) is 20.6. The second kappa shape index (κ2) is 6.99. The average Bonchev–Trinajstić information content (AvgIpc) is 3.02. The molecule has 136 valence electrons. The van der Waals surface area contributed by atoms with Crippen LogP contribution in [-0.2, 0) is 6.54 Å². The van der Waals surface area contributed by atoms with Gasteiger partial charge in [-0.05, 0) is 0 Å². The molecule has 0 saturated carbocycles. The molecular weight excluding hydrogens is 448 g/mol. The Bertz CT molecular complexity index is 1100. The second-order valence-corrected chi connectivity index (χ2v) is 22.0. The third kappa shape index (κ3) is 3.58. The van der Waals surface area contributed by atoms with Gasteiger partial charge in [-0.25, -0.2) is 0 Å². The van der Waals surface area contributed by atoms with Gasteiger partial charge in [0, 0.05) is 0 Å². The van der Waals surface area contributed by atoms with Crippen molar-refractivity contribution in [3.63, 3.8) is 0 Å². The molecule has 7 heteroatoms. The first-order valence-electron chi connectivity index (χ1n) is 8.81. The van der Waals surface area contributed by atoms with Crippen molar-refractivity contribution in [1.29, 1.82) is 0 Å². The van der Waals surface area contributed by atoms with Crippen LogP contribution in [0.3, 0.4) is 0 Å². The van der Waals surface area contributed by atoms with E-state index in [0.29, 0.717) is 29.3 Å². The predicted octanol–water partition coefficient (Wildman–Crippen LogP) is 3.62. The van der Waals surface area contributed by atoms with E-state index in [-0.39, 0.29) is 5.82 Å². The summed E-state index contributed by atoms with van der Waals surface area (Å²) in [6, 6.07) is 10.5. The monoisotopic (exact) mass is 469 g/mol. The Morgan fingerprint density at radius 3 is 2.41 bits per heavy atom. The number of aromatic nitrogens is 5. The Morgan fingerprint density at radius 2 is 1.70 bits per heavy atom. The van der Waals surface area contributed by atoms with Crippen LogP contribution in [0.1, 0.15) is 5.56 Å². The quantitative estimate of drug-likeness (QED) is 0.430. The minimum absolute atomic E-state index is 0.253. The molecular formula is C20H20FN5Sn. The van der Waals surface area contributed by atoms with Gasteiger partial charge in [0.1, 0.15) is 0 Å². The SMILES string of the molecule is [CH3][Sn]([CH3])([CH3])[c]1cnc(-c2nn(Cc3ccccc3F)c3ncccc23)nc1. The number of hydrogen-bond acceptors (Lipinski definition) is 4. The first-order chi connectivity index (χ1) is 12.9. The molecule has 5 nitrogen and oxygen atoms in total. The van der Waals surface area contributed by atoms with Crippen molar-refractivity contribution in [2.75, 3.05) is 0 Å². The minimum atomic E-state index is -2.21. The van der Waals surface area contributed by atoms with Gasteiger partial charge in [-0.2, -0.15) is 0 Å². The van der Waals surface area contributed by atoms with Crippen molar-refractivity contribution < 1.29 is 4.39 Å². The Kier molecular flexibility index (Phi) is 4.67. The van der Waals surface area contributed by atoms with Crippen LogP contribution in [0.25, 0.3) is 22.6 Å². The van der Waals surface area contributed by atoms with E-state index < -0.39 is 18.4 Å². The number of halogens is 1. The van der Waals surface area contributed by atoms with Crippen LogP contribution in [0.4, 0.5) is 4.39 Å². The zero-order valence-corrected chi connectivity index (χ0v) is 18.4. The second-order valence-electron chi connectivity index (χ2n) is 7.52. The number of hydrogen-bond donors (Lipinski definition) is 0. The van der Waals surface area contributed by atoms with E-state index in [1.807, 2.05) is 30.6 Å². The van der Waals surface area contributed by atoms with E-state index in [1.165, 1.54) is 9.65 Å². The normalized spacial score (nSPS) is 11.9. The summed E-state index contributed by atoms with van der Waals surface area (Å²) >= 11 is -2.21. The van der Waals surface area contributed by atoms with Crippen LogP contribution < -0.4 is 3.58 Å². The Hall–Kier alpha value is -2.35. The molecule has 0 radical (unpaired) electrons. The first-order valence-corrected chi connectivity index (χ1v) is 18.8. The van der Waals surface area contributed by atoms with E-state index in [4.69, 9.17) is 0 Å². The van der Waals surface area contributed by atoms with E-state index in [2.05, 4.69) is 34.9 Å². The molecule has 3 heterocycles. The summed E-state index contributed by atoms with van der Waals surface area (Å²) in [7, 11) is 0. The molecule has 0 saturated heterocycles. The van der Waals surface area contributed by atoms with Gasteiger partial charge in [-0.15, -0.1) is 0 Å². The van der Waals surface area contributed by atoms with Crippen molar-refractivity contribution in [1.82, 2.24) is 24.7 Å². The number of benzene rings is 1. The molecule has 0 bridgehead atoms. The van der Waals surface area contributed by atoms with Crippen LogP contribution in [0.2, 0.25) is 14.8 Å². The summed E-state index contributed by atoms with van der Waals surface area (Å²) in [5, 5.41) is 5.53. The third-order valence-electron chi connectivity index (χ3n) is 4.51. The van der Waals surface area contributed by atoms with E-state index in [1.54, 1.807) is 23.0 Å². The number of fused-ring (bicyclic) bond motifs is 1. The molecule has 0 fully saturated rings. The van der Waals surface area contributed by atoms with Gasteiger partial charge in [-0.3, -0.25) is 0 Å². The molecule has 0 atom stereocenters. The predicted molar refractivity (Wildman–Crippen MR) is 107 cm³/mol. The molecule has 0 aliphatic carbocycles. The van der Waals surface area contributed by atoms with E-state index in [9.17, 15) is 4.39 Å². The molecule has 0 N–H and O–H groups in total. The van der Waals surface area contributed by atoms with Gasteiger partial charge < -0.3 is 0 Å². The fourth-order valence-electron chi connectivity index (χ4n) is 2.91. The van der Waals surface area contributed by atoms with Crippen molar-refractivity contribution in [3.05, 3.63) is 66.4 Å². The van der Waals surface area contributed by atoms with Crippen LogP contribution in [0.15, 0.2) is 55.0 Å². The van der Waals surface area contributed by atoms with Crippen LogP contribution in [0.5, 0.6) is 0 Å². The number of pyridine rings is 1. The summed E-state index contributed by atoms with van der Waals surface area (Å²) < 4.78 is 17.1. The molecule has 1 aromatic carbocycles. The maximum atomic E-state index is 14.1.